The van der Waals surface area contributed by atoms with Crippen LogP contribution in [0.25, 0.3) is 11.1 Å². The van der Waals surface area contributed by atoms with Crippen LogP contribution in [0.5, 0.6) is 0 Å². The van der Waals surface area contributed by atoms with Gasteiger partial charge in [-0.25, -0.2) is 12.2 Å². The second-order valence-electron chi connectivity index (χ2n) is 16.2. The van der Waals surface area contributed by atoms with Gasteiger partial charge in [0.25, 0.3) is 0 Å². The Bertz CT molecular complexity index is 1760. The third-order valence-corrected chi connectivity index (χ3v) is 12.9. The molecule has 0 aromatic heterocycles. The van der Waals surface area contributed by atoms with Crippen LogP contribution >= 0.6 is 0 Å². The van der Waals surface area contributed by atoms with Gasteiger partial charge in [0, 0.05) is 5.41 Å². The van der Waals surface area contributed by atoms with E-state index in [-0.39, 0.29) is 35.6 Å². The fourth-order valence-corrected chi connectivity index (χ4v) is 8.62. The van der Waals surface area contributed by atoms with Crippen LogP contribution in [0.2, 0.25) is 0 Å². The largest absolute Gasteiger partial charge is 1.00 e. The average molecular weight is 839 g/mol. The molecule has 0 bridgehead atoms. The topological polar surface area (TPSA) is 0 Å². The molecule has 0 spiro atoms. The monoisotopic (exact) mass is 836 g/mol. The summed E-state index contributed by atoms with van der Waals surface area (Å²) in [7, 11) is 0. The Morgan fingerprint density at radius 2 is 1.37 bits per heavy atom. The number of hydrogen-bond acceptors (Lipinski definition) is 0. The molecule has 2 aliphatic carbocycles. The minimum absolute atomic E-state index is 0. The summed E-state index contributed by atoms with van der Waals surface area (Å²) in [4.78, 5) is 0. The maximum atomic E-state index is 3.86. The van der Waals surface area contributed by atoms with Crippen molar-refractivity contribution in [2.24, 2.45) is 11.8 Å². The van der Waals surface area contributed by atoms with Crippen LogP contribution < -0.4 is 24.8 Å². The first-order valence-electron chi connectivity index (χ1n) is 20.0. The first-order chi connectivity index (χ1) is 24.9. The first kappa shape index (κ1) is 47.8. The number of allylic oxidation sites excluding steroid dienone is 4. The predicted molar refractivity (Wildman–Crippen MR) is 224 cm³/mol. The molecule has 0 heterocycles. The third kappa shape index (κ3) is 12.9. The van der Waals surface area contributed by atoms with Crippen molar-refractivity contribution in [3.05, 3.63) is 154 Å². The molecule has 2 unspecified atom stereocenters. The summed E-state index contributed by atoms with van der Waals surface area (Å²) in [6.07, 6.45) is 20.4. The van der Waals surface area contributed by atoms with Crippen molar-refractivity contribution in [2.75, 3.05) is 0 Å². The zero-order chi connectivity index (χ0) is 37.7. The van der Waals surface area contributed by atoms with E-state index in [1.807, 2.05) is 12.2 Å². The van der Waals surface area contributed by atoms with E-state index < -0.39 is 0 Å². The van der Waals surface area contributed by atoms with Crippen LogP contribution in [-0.4, -0.2) is 3.21 Å². The molecule has 54 heavy (non-hydrogen) atoms. The van der Waals surface area contributed by atoms with E-state index in [2.05, 4.69) is 165 Å². The zero-order valence-electron chi connectivity index (χ0n) is 34.6. The fraction of sp³-hybridized carbons (Fsp3) is 0.431. The van der Waals surface area contributed by atoms with Gasteiger partial charge in [0.1, 0.15) is 0 Å². The molecule has 0 amide bonds. The predicted octanol–water partition coefficient (Wildman–Crippen LogP) is 7.88. The standard InChI is InChI=1S/C37H41.C9H18.C5H5.2ClH.Zr/c1-25(27(3)36(4,5)31-14-10-8-11-15-31)20-28-18-19-33-30(22-28)23-29-21-26(2)35(24-34(29)33)37(6,7)32-16-12-9-13-17-32;1-3-5-7-9-8-6-4-2;1-2-4-5-3-1;;;/h8-19,21,24-25,27H,20,23H2,1-7H3;3-8H2,1-2H3;1-3H,4H2;2*1H;/q-1;;-1;;;+2/p-2. The van der Waals surface area contributed by atoms with Gasteiger partial charge in [0.2, 0.25) is 0 Å². The van der Waals surface area contributed by atoms with Gasteiger partial charge < -0.3 is 24.8 Å². The first-order valence-corrected chi connectivity index (χ1v) is 21.2. The fourth-order valence-electron chi connectivity index (χ4n) is 7.75. The minimum Gasteiger partial charge on any atom is -1.00 e. The number of benzene rings is 4. The van der Waals surface area contributed by atoms with E-state index in [9.17, 15) is 0 Å². The average Bonchev–Trinajstić information content (AvgIpc) is 3.85. The number of rotatable bonds is 13. The number of hydrogen-bond donors (Lipinski definition) is 0. The van der Waals surface area contributed by atoms with Crippen molar-refractivity contribution >= 4 is 3.21 Å². The molecule has 2 atom stereocenters. The molecule has 0 radical (unpaired) electrons. The summed E-state index contributed by atoms with van der Waals surface area (Å²) in [6.45, 7) is 21.1. The van der Waals surface area contributed by atoms with Gasteiger partial charge in [-0.05, 0) is 64.8 Å². The summed E-state index contributed by atoms with van der Waals surface area (Å²) in [6, 6.07) is 35.3. The summed E-state index contributed by atoms with van der Waals surface area (Å²) in [5.41, 5.74) is 12.6. The van der Waals surface area contributed by atoms with Gasteiger partial charge in [0.15, 0.2) is 0 Å². The Balaban J connectivity index is 0.000000498. The van der Waals surface area contributed by atoms with Crippen LogP contribution in [0.4, 0.5) is 0 Å². The Morgan fingerprint density at radius 1 is 0.778 bits per heavy atom. The van der Waals surface area contributed by atoms with Crippen molar-refractivity contribution in [1.82, 2.24) is 0 Å². The number of aryl methyl sites for hydroxylation is 1. The van der Waals surface area contributed by atoms with E-state index in [0.29, 0.717) is 11.8 Å². The smallest absolute Gasteiger partial charge is 0.0149 e. The number of unbranched alkanes of at least 4 members (excludes halogenated alkanes) is 2. The summed E-state index contributed by atoms with van der Waals surface area (Å²) in [5.74, 6) is 1.12. The summed E-state index contributed by atoms with van der Waals surface area (Å²) in [5, 5.41) is 0. The van der Waals surface area contributed by atoms with E-state index >= 15 is 0 Å². The van der Waals surface area contributed by atoms with E-state index in [4.69, 9.17) is 0 Å². The second kappa shape index (κ2) is 23.1. The van der Waals surface area contributed by atoms with Crippen LogP contribution in [0.3, 0.4) is 0 Å². The van der Waals surface area contributed by atoms with E-state index in [0.717, 1.165) is 19.3 Å². The molecule has 6 rings (SSSR count). The maximum Gasteiger partial charge on any atom is 0.0149 e. The Hall–Kier alpha value is -2.31. The molecule has 2 aliphatic rings. The van der Waals surface area contributed by atoms with Gasteiger partial charge in [-0.3, -0.25) is 6.08 Å². The zero-order valence-corrected chi connectivity index (χ0v) is 38.6. The van der Waals surface area contributed by atoms with E-state index in [1.165, 1.54) is 88.6 Å². The van der Waals surface area contributed by atoms with Gasteiger partial charge in [-0.15, -0.1) is 17.5 Å². The van der Waals surface area contributed by atoms with Gasteiger partial charge in [-0.2, -0.15) is 29.8 Å². The summed E-state index contributed by atoms with van der Waals surface area (Å²) >= 11 is 1.67. The van der Waals surface area contributed by atoms with Crippen LogP contribution in [0.1, 0.15) is 139 Å². The number of fused-ring (bicyclic) bond motifs is 3. The minimum atomic E-state index is -0.0378. The van der Waals surface area contributed by atoms with Crippen LogP contribution in [0, 0.1) is 30.9 Å². The summed E-state index contributed by atoms with van der Waals surface area (Å²) < 4.78 is 1.79. The van der Waals surface area contributed by atoms with Crippen molar-refractivity contribution in [3.63, 3.8) is 0 Å². The quantitative estimate of drug-likeness (QED) is 0.106. The molecule has 0 nitrogen and oxygen atoms in total. The Kier molecular flexibility index (Phi) is 20.4. The Labute approximate surface area is 357 Å². The molecule has 288 valence electrons. The Morgan fingerprint density at radius 3 is 1.89 bits per heavy atom. The second-order valence-corrected chi connectivity index (χ2v) is 18.0. The molecule has 0 saturated carbocycles. The molecule has 4 aromatic carbocycles. The number of halogens is 2. The van der Waals surface area contributed by atoms with Gasteiger partial charge in [-0.1, -0.05) is 120 Å². The molecular formula is C51H64Cl2Zr-2. The van der Waals surface area contributed by atoms with Crippen molar-refractivity contribution in [1.29, 1.82) is 0 Å². The van der Waals surface area contributed by atoms with Crippen LogP contribution in [0.15, 0.2) is 103 Å². The van der Waals surface area contributed by atoms with Crippen LogP contribution in [-0.2, 0) is 47.9 Å². The maximum absolute atomic E-state index is 3.86. The molecule has 0 saturated heterocycles. The molecule has 3 heteroatoms. The van der Waals surface area contributed by atoms with Gasteiger partial charge >= 0.3 is 79.8 Å². The molecular weight excluding hydrogens is 775 g/mol. The van der Waals surface area contributed by atoms with Gasteiger partial charge in [0.05, 0.1) is 0 Å². The molecule has 0 N–H and O–H groups in total. The van der Waals surface area contributed by atoms with E-state index in [1.54, 1.807) is 27.4 Å². The molecule has 0 aliphatic heterocycles. The SMILES string of the molecule is CCCC[C](=[Zr+2])CCCC.Cc1cc2c(cc1C(C)(C)c1ccccc1)-c1ccc(CC(C)C(C)C(C)(C)c3ccccc3)[c-]c1C2.[C-]1=CC=CC1.[Cl-].[Cl-]. The third-order valence-electron chi connectivity index (χ3n) is 11.7. The normalized spacial score (nSPS) is 13.5. The van der Waals surface area contributed by atoms with Crippen molar-refractivity contribution in [3.8, 4) is 11.1 Å². The molecule has 0 fully saturated rings. The molecule has 4 aromatic rings. The van der Waals surface area contributed by atoms with Crippen molar-refractivity contribution < 1.29 is 49.0 Å². The van der Waals surface area contributed by atoms with Crippen molar-refractivity contribution in [2.45, 2.75) is 131 Å².